The highest BCUT2D eigenvalue weighted by Crippen LogP contribution is 2.33. The molecule has 23 heavy (non-hydrogen) atoms. The molecular formula is C17H14FN3OS. The Morgan fingerprint density at radius 3 is 2.74 bits per heavy atom. The Kier molecular flexibility index (Phi) is 3.48. The molecule has 1 aromatic carbocycles. The van der Waals surface area contributed by atoms with Crippen LogP contribution in [0.5, 0.6) is 0 Å². The van der Waals surface area contributed by atoms with Crippen molar-refractivity contribution in [1.82, 2.24) is 9.38 Å². The molecule has 3 heterocycles. The van der Waals surface area contributed by atoms with E-state index in [1.165, 1.54) is 12.1 Å². The zero-order valence-electron chi connectivity index (χ0n) is 12.2. The zero-order chi connectivity index (χ0) is 15.8. The molecule has 0 saturated heterocycles. The van der Waals surface area contributed by atoms with E-state index in [4.69, 9.17) is 15.1 Å². The summed E-state index contributed by atoms with van der Waals surface area (Å²) in [6.07, 6.45) is 2.33. The fraction of sp³-hybridized carbons (Fsp3) is 0.118. The van der Waals surface area contributed by atoms with E-state index in [1.54, 1.807) is 29.7 Å². The van der Waals surface area contributed by atoms with Crippen LogP contribution in [0.3, 0.4) is 0 Å². The number of nitrogens with zero attached hydrogens (tertiary/aromatic N) is 2. The largest absolute Gasteiger partial charge is 0.463 e. The second kappa shape index (κ2) is 5.64. The van der Waals surface area contributed by atoms with E-state index in [2.05, 4.69) is 4.40 Å². The SMILES string of the molecule is NCCc1c(-c2ccc(F)cc2)nc2scc(-c3ccco3)n12. The maximum atomic E-state index is 13.2. The predicted octanol–water partition coefficient (Wildman–Crippen LogP) is 3.96. The number of benzene rings is 1. The number of nitrogens with two attached hydrogens (primary N) is 1. The van der Waals surface area contributed by atoms with Crippen molar-refractivity contribution >= 4 is 16.3 Å². The maximum Gasteiger partial charge on any atom is 0.195 e. The summed E-state index contributed by atoms with van der Waals surface area (Å²) in [5.74, 6) is 0.531. The van der Waals surface area contributed by atoms with Gasteiger partial charge in [-0.2, -0.15) is 0 Å². The fourth-order valence-electron chi connectivity index (χ4n) is 2.72. The molecule has 4 rings (SSSR count). The summed E-state index contributed by atoms with van der Waals surface area (Å²) in [6.45, 7) is 0.509. The van der Waals surface area contributed by atoms with Crippen molar-refractivity contribution in [3.8, 4) is 22.7 Å². The molecule has 116 valence electrons. The number of thiazole rings is 1. The Morgan fingerprint density at radius 1 is 1.22 bits per heavy atom. The molecule has 6 heteroatoms. The third kappa shape index (κ3) is 2.36. The van der Waals surface area contributed by atoms with Crippen molar-refractivity contribution in [2.45, 2.75) is 6.42 Å². The van der Waals surface area contributed by atoms with E-state index < -0.39 is 0 Å². The molecule has 0 spiro atoms. The summed E-state index contributed by atoms with van der Waals surface area (Å²) in [6, 6.07) is 10.2. The summed E-state index contributed by atoms with van der Waals surface area (Å²) in [7, 11) is 0. The van der Waals surface area contributed by atoms with Crippen molar-refractivity contribution in [2.75, 3.05) is 6.54 Å². The Morgan fingerprint density at radius 2 is 2.04 bits per heavy atom. The van der Waals surface area contributed by atoms with Gasteiger partial charge in [-0.3, -0.25) is 4.40 Å². The molecular weight excluding hydrogens is 313 g/mol. The molecule has 0 bridgehead atoms. The lowest BCUT2D eigenvalue weighted by atomic mass is 10.1. The predicted molar refractivity (Wildman–Crippen MR) is 88.9 cm³/mol. The van der Waals surface area contributed by atoms with Crippen molar-refractivity contribution in [3.05, 3.63) is 59.6 Å². The third-order valence-electron chi connectivity index (χ3n) is 3.73. The van der Waals surface area contributed by atoms with Gasteiger partial charge in [0, 0.05) is 17.4 Å². The van der Waals surface area contributed by atoms with Gasteiger partial charge in [0.05, 0.1) is 17.7 Å². The van der Waals surface area contributed by atoms with E-state index in [0.29, 0.717) is 13.0 Å². The van der Waals surface area contributed by atoms with E-state index in [1.807, 2.05) is 17.5 Å². The van der Waals surface area contributed by atoms with Crippen molar-refractivity contribution < 1.29 is 8.81 Å². The lowest BCUT2D eigenvalue weighted by molar-refractivity contribution is 0.579. The average molecular weight is 327 g/mol. The van der Waals surface area contributed by atoms with Gasteiger partial charge in [-0.15, -0.1) is 11.3 Å². The normalized spacial score (nSPS) is 11.4. The van der Waals surface area contributed by atoms with Gasteiger partial charge in [0.15, 0.2) is 10.7 Å². The number of halogens is 1. The summed E-state index contributed by atoms with van der Waals surface area (Å²) in [5.41, 5.74) is 9.50. The molecule has 0 saturated carbocycles. The molecule has 0 aliphatic carbocycles. The molecule has 0 unspecified atom stereocenters. The molecule has 0 radical (unpaired) electrons. The summed E-state index contributed by atoms with van der Waals surface area (Å²) in [4.78, 5) is 5.60. The van der Waals surface area contributed by atoms with E-state index in [-0.39, 0.29) is 5.82 Å². The number of rotatable bonds is 4. The van der Waals surface area contributed by atoms with E-state index >= 15 is 0 Å². The van der Waals surface area contributed by atoms with Crippen LogP contribution in [0.4, 0.5) is 4.39 Å². The fourth-order valence-corrected chi connectivity index (χ4v) is 3.62. The lowest BCUT2D eigenvalue weighted by Crippen LogP contribution is -2.06. The van der Waals surface area contributed by atoms with Gasteiger partial charge in [0.2, 0.25) is 0 Å². The van der Waals surface area contributed by atoms with Crippen LogP contribution >= 0.6 is 11.3 Å². The Labute approximate surface area is 136 Å². The standard InChI is InChI=1S/C17H14FN3OS/c18-12-5-3-11(4-6-12)16-13(7-8-19)21-14(10-23-17(21)20-16)15-2-1-9-22-15/h1-6,9-10H,7-8,19H2. The van der Waals surface area contributed by atoms with Crippen molar-refractivity contribution in [2.24, 2.45) is 5.73 Å². The summed E-state index contributed by atoms with van der Waals surface area (Å²) < 4.78 is 20.8. The van der Waals surface area contributed by atoms with Crippen molar-refractivity contribution in [3.63, 3.8) is 0 Å². The Balaban J connectivity index is 1.95. The van der Waals surface area contributed by atoms with Gasteiger partial charge in [-0.1, -0.05) is 0 Å². The van der Waals surface area contributed by atoms with E-state index in [0.717, 1.165) is 33.4 Å². The first-order valence-electron chi connectivity index (χ1n) is 7.26. The highest BCUT2D eigenvalue weighted by atomic mass is 32.1. The minimum atomic E-state index is -0.258. The van der Waals surface area contributed by atoms with Crippen LogP contribution in [-0.2, 0) is 6.42 Å². The first-order valence-corrected chi connectivity index (χ1v) is 8.14. The maximum absolute atomic E-state index is 13.2. The molecule has 0 fully saturated rings. The minimum absolute atomic E-state index is 0.258. The minimum Gasteiger partial charge on any atom is -0.463 e. The zero-order valence-corrected chi connectivity index (χ0v) is 13.0. The first kappa shape index (κ1) is 14.2. The van der Waals surface area contributed by atoms with Crippen LogP contribution in [-0.4, -0.2) is 15.9 Å². The van der Waals surface area contributed by atoms with Crippen LogP contribution in [0.15, 0.2) is 52.5 Å². The molecule has 0 aliphatic rings. The molecule has 0 amide bonds. The van der Waals surface area contributed by atoms with Crippen LogP contribution < -0.4 is 5.73 Å². The molecule has 0 aliphatic heterocycles. The molecule has 4 aromatic rings. The summed E-state index contributed by atoms with van der Waals surface area (Å²) in [5, 5.41) is 2.02. The number of furan rings is 1. The average Bonchev–Trinajstić information content (AvgIpc) is 3.26. The van der Waals surface area contributed by atoms with Gasteiger partial charge in [-0.25, -0.2) is 9.37 Å². The molecule has 3 aromatic heterocycles. The Bertz CT molecular complexity index is 938. The van der Waals surface area contributed by atoms with Crippen molar-refractivity contribution in [1.29, 1.82) is 0 Å². The van der Waals surface area contributed by atoms with Gasteiger partial charge >= 0.3 is 0 Å². The van der Waals surface area contributed by atoms with Crippen LogP contribution in [0, 0.1) is 5.82 Å². The molecule has 2 N–H and O–H groups in total. The quantitative estimate of drug-likeness (QED) is 0.617. The van der Waals surface area contributed by atoms with Crippen LogP contribution in [0.25, 0.3) is 27.7 Å². The monoisotopic (exact) mass is 327 g/mol. The second-order valence-electron chi connectivity index (χ2n) is 5.17. The van der Waals surface area contributed by atoms with E-state index in [9.17, 15) is 4.39 Å². The molecule has 4 nitrogen and oxygen atoms in total. The van der Waals surface area contributed by atoms with Gasteiger partial charge < -0.3 is 10.2 Å². The second-order valence-corrected chi connectivity index (χ2v) is 6.01. The van der Waals surface area contributed by atoms with Gasteiger partial charge in [0.25, 0.3) is 0 Å². The van der Waals surface area contributed by atoms with Crippen LogP contribution in [0.2, 0.25) is 0 Å². The number of hydrogen-bond acceptors (Lipinski definition) is 4. The number of imidazole rings is 1. The lowest BCUT2D eigenvalue weighted by Gasteiger charge is -2.05. The van der Waals surface area contributed by atoms with Gasteiger partial charge in [0.1, 0.15) is 11.5 Å². The smallest absolute Gasteiger partial charge is 0.195 e. The number of hydrogen-bond donors (Lipinski definition) is 1. The summed E-state index contributed by atoms with van der Waals surface area (Å²) >= 11 is 1.55. The van der Waals surface area contributed by atoms with Gasteiger partial charge in [-0.05, 0) is 42.9 Å². The number of aromatic nitrogens is 2. The Hall–Kier alpha value is -2.44. The first-order chi connectivity index (χ1) is 11.3. The number of fused-ring (bicyclic) bond motifs is 1. The van der Waals surface area contributed by atoms with Crippen LogP contribution in [0.1, 0.15) is 5.69 Å². The highest BCUT2D eigenvalue weighted by Gasteiger charge is 2.19. The topological polar surface area (TPSA) is 56.5 Å². The molecule has 0 atom stereocenters. The third-order valence-corrected chi connectivity index (χ3v) is 4.56. The highest BCUT2D eigenvalue weighted by molar-refractivity contribution is 7.15.